The molecule has 0 atom stereocenters. The number of aryl methyl sites for hydroxylation is 1. The zero-order valence-corrected chi connectivity index (χ0v) is 12.9. The van der Waals surface area contributed by atoms with Gasteiger partial charge in [0, 0.05) is 23.5 Å². The van der Waals surface area contributed by atoms with Gasteiger partial charge in [0.2, 0.25) is 0 Å². The van der Waals surface area contributed by atoms with E-state index >= 15 is 0 Å². The molecule has 0 fully saturated rings. The van der Waals surface area contributed by atoms with Crippen molar-refractivity contribution < 1.29 is 18.0 Å². The van der Waals surface area contributed by atoms with Crippen LogP contribution in [0.1, 0.15) is 22.0 Å². The van der Waals surface area contributed by atoms with Crippen molar-refractivity contribution in [1.29, 1.82) is 0 Å². The van der Waals surface area contributed by atoms with E-state index in [9.17, 15) is 18.0 Å². The number of benzene rings is 1. The molecule has 6 nitrogen and oxygen atoms in total. The van der Waals surface area contributed by atoms with Gasteiger partial charge in [-0.25, -0.2) is 9.97 Å². The number of hydrogen-bond donors (Lipinski definition) is 2. The van der Waals surface area contributed by atoms with Crippen LogP contribution in [-0.4, -0.2) is 26.1 Å². The first-order chi connectivity index (χ1) is 11.8. The minimum absolute atomic E-state index is 0.133. The predicted molar refractivity (Wildman–Crippen MR) is 83.7 cm³/mol. The summed E-state index contributed by atoms with van der Waals surface area (Å²) in [5, 5.41) is 9.17. The van der Waals surface area contributed by atoms with Crippen molar-refractivity contribution in [2.24, 2.45) is 0 Å². The Morgan fingerprint density at radius 3 is 2.64 bits per heavy atom. The molecule has 0 saturated heterocycles. The zero-order chi connectivity index (χ0) is 18.0. The number of carbonyl (C=O) groups excluding carboxylic acids is 1. The minimum Gasteiger partial charge on any atom is -0.321 e. The fourth-order valence-corrected chi connectivity index (χ4v) is 2.21. The molecule has 1 aromatic carbocycles. The highest BCUT2D eigenvalue weighted by atomic mass is 19.4. The van der Waals surface area contributed by atoms with E-state index in [1.165, 1.54) is 6.92 Å². The van der Waals surface area contributed by atoms with Crippen molar-refractivity contribution in [3.05, 3.63) is 59.8 Å². The van der Waals surface area contributed by atoms with E-state index in [1.807, 2.05) is 0 Å². The number of carbonyl (C=O) groups is 1. The minimum atomic E-state index is -4.65. The maximum absolute atomic E-state index is 12.8. The summed E-state index contributed by atoms with van der Waals surface area (Å²) in [7, 11) is 0. The second-order valence-corrected chi connectivity index (χ2v) is 5.19. The molecule has 0 unspecified atom stereocenters. The van der Waals surface area contributed by atoms with Crippen LogP contribution >= 0.6 is 0 Å². The third-order valence-electron chi connectivity index (χ3n) is 3.29. The van der Waals surface area contributed by atoms with Crippen molar-refractivity contribution in [3.63, 3.8) is 0 Å². The van der Waals surface area contributed by atoms with Crippen LogP contribution in [0.3, 0.4) is 0 Å². The molecule has 2 aromatic heterocycles. The number of rotatable bonds is 3. The van der Waals surface area contributed by atoms with Gasteiger partial charge in [0.25, 0.3) is 5.91 Å². The van der Waals surface area contributed by atoms with Crippen molar-refractivity contribution in [2.75, 3.05) is 5.32 Å². The maximum atomic E-state index is 12.8. The normalized spacial score (nSPS) is 11.4. The third-order valence-corrected chi connectivity index (χ3v) is 3.29. The lowest BCUT2D eigenvalue weighted by Gasteiger charge is -2.10. The van der Waals surface area contributed by atoms with Crippen LogP contribution < -0.4 is 5.32 Å². The number of anilines is 1. The molecule has 0 bridgehead atoms. The van der Waals surface area contributed by atoms with Gasteiger partial charge in [-0.2, -0.15) is 18.3 Å². The first kappa shape index (κ1) is 16.6. The van der Waals surface area contributed by atoms with Crippen molar-refractivity contribution in [2.45, 2.75) is 13.1 Å². The number of H-pyrrole nitrogens is 1. The van der Waals surface area contributed by atoms with E-state index in [1.54, 1.807) is 36.5 Å². The van der Waals surface area contributed by atoms with Crippen molar-refractivity contribution >= 4 is 11.6 Å². The number of aromatic amines is 1. The Balaban J connectivity index is 1.86. The quantitative estimate of drug-likeness (QED) is 0.760. The van der Waals surface area contributed by atoms with E-state index in [-0.39, 0.29) is 11.5 Å². The van der Waals surface area contributed by atoms with Gasteiger partial charge in [-0.3, -0.25) is 9.89 Å². The lowest BCUT2D eigenvalue weighted by atomic mass is 10.1. The van der Waals surface area contributed by atoms with Crippen LogP contribution in [0.4, 0.5) is 18.9 Å². The number of nitrogens with zero attached hydrogens (tertiary/aromatic N) is 3. The fraction of sp³-hybridized carbons (Fsp3) is 0.125. The molecule has 0 spiro atoms. The maximum Gasteiger partial charge on any atom is 0.433 e. The molecular weight excluding hydrogens is 335 g/mol. The summed E-state index contributed by atoms with van der Waals surface area (Å²) in [5.74, 6) is -0.885. The largest absolute Gasteiger partial charge is 0.433 e. The highest BCUT2D eigenvalue weighted by molar-refractivity contribution is 6.03. The number of amides is 1. The van der Waals surface area contributed by atoms with Crippen LogP contribution in [0.25, 0.3) is 11.3 Å². The lowest BCUT2D eigenvalue weighted by Crippen LogP contribution is -2.18. The van der Waals surface area contributed by atoms with Crippen molar-refractivity contribution in [1.82, 2.24) is 20.2 Å². The topological polar surface area (TPSA) is 83.6 Å². The molecule has 1 amide bonds. The first-order valence-corrected chi connectivity index (χ1v) is 7.17. The molecule has 3 rings (SSSR count). The molecule has 2 N–H and O–H groups in total. The zero-order valence-electron chi connectivity index (χ0n) is 12.9. The number of alkyl halides is 3. The van der Waals surface area contributed by atoms with E-state index in [0.717, 1.165) is 11.3 Å². The van der Waals surface area contributed by atoms with Gasteiger partial charge in [-0.15, -0.1) is 0 Å². The van der Waals surface area contributed by atoms with Gasteiger partial charge < -0.3 is 5.32 Å². The fourth-order valence-electron chi connectivity index (χ4n) is 2.21. The second-order valence-electron chi connectivity index (χ2n) is 5.19. The summed E-state index contributed by atoms with van der Waals surface area (Å²) in [6.07, 6.45) is -3.06. The summed E-state index contributed by atoms with van der Waals surface area (Å²) >= 11 is 0. The molecule has 0 saturated carbocycles. The molecule has 25 heavy (non-hydrogen) atoms. The Bertz CT molecular complexity index is 906. The van der Waals surface area contributed by atoms with Crippen LogP contribution in [0.2, 0.25) is 0 Å². The van der Waals surface area contributed by atoms with Crippen LogP contribution in [-0.2, 0) is 6.18 Å². The average Bonchev–Trinajstić information content (AvgIpc) is 3.08. The van der Waals surface area contributed by atoms with Gasteiger partial charge in [-0.1, -0.05) is 12.1 Å². The Kier molecular flexibility index (Phi) is 4.22. The van der Waals surface area contributed by atoms with E-state index in [4.69, 9.17) is 0 Å². The van der Waals surface area contributed by atoms with Gasteiger partial charge in [0.1, 0.15) is 17.2 Å². The van der Waals surface area contributed by atoms with Crippen LogP contribution in [0.5, 0.6) is 0 Å². The smallest absolute Gasteiger partial charge is 0.321 e. The molecule has 0 aliphatic heterocycles. The molecule has 9 heteroatoms. The first-order valence-electron chi connectivity index (χ1n) is 7.17. The standard InChI is InChI=1S/C16H12F3N5O/c1-9-21-13(8-14(22-9)16(17,18)19)15(25)23-11-4-2-3-10(7-11)12-5-6-20-24-12/h2-8H,1H3,(H,20,24)(H,23,25). The molecule has 0 aliphatic rings. The van der Waals surface area contributed by atoms with E-state index in [2.05, 4.69) is 25.5 Å². The Morgan fingerprint density at radius 1 is 1.16 bits per heavy atom. The lowest BCUT2D eigenvalue weighted by molar-refractivity contribution is -0.141. The van der Waals surface area contributed by atoms with Gasteiger partial charge in [0.15, 0.2) is 0 Å². The molecule has 2 heterocycles. The molecule has 3 aromatic rings. The predicted octanol–water partition coefficient (Wildman–Crippen LogP) is 3.45. The number of nitrogens with one attached hydrogen (secondary N) is 2. The van der Waals surface area contributed by atoms with Crippen LogP contribution in [0.15, 0.2) is 42.6 Å². The number of hydrogen-bond acceptors (Lipinski definition) is 4. The number of halogens is 3. The molecular formula is C16H12F3N5O. The summed E-state index contributed by atoms with van der Waals surface area (Å²) in [4.78, 5) is 19.3. The monoisotopic (exact) mass is 347 g/mol. The number of aromatic nitrogens is 4. The highest BCUT2D eigenvalue weighted by Gasteiger charge is 2.34. The summed E-state index contributed by atoms with van der Waals surface area (Å²) in [6, 6.07) is 9.18. The van der Waals surface area contributed by atoms with Gasteiger partial charge >= 0.3 is 6.18 Å². The highest BCUT2D eigenvalue weighted by Crippen LogP contribution is 2.28. The third kappa shape index (κ3) is 3.82. The van der Waals surface area contributed by atoms with Gasteiger partial charge in [-0.05, 0) is 25.1 Å². The van der Waals surface area contributed by atoms with E-state index < -0.39 is 17.8 Å². The van der Waals surface area contributed by atoms with E-state index in [0.29, 0.717) is 11.8 Å². The van der Waals surface area contributed by atoms with Crippen molar-refractivity contribution in [3.8, 4) is 11.3 Å². The Labute approximate surface area is 140 Å². The second kappa shape index (κ2) is 6.34. The van der Waals surface area contributed by atoms with Gasteiger partial charge in [0.05, 0.1) is 5.69 Å². The molecule has 0 radical (unpaired) electrons. The average molecular weight is 347 g/mol. The summed E-state index contributed by atoms with van der Waals surface area (Å²) in [6.45, 7) is 1.30. The molecule has 128 valence electrons. The summed E-state index contributed by atoms with van der Waals surface area (Å²) < 4.78 is 38.5. The van der Waals surface area contributed by atoms with Crippen LogP contribution in [0, 0.1) is 6.92 Å². The Morgan fingerprint density at radius 2 is 1.96 bits per heavy atom. The SMILES string of the molecule is Cc1nc(C(=O)Nc2cccc(-c3ccn[nH]3)c2)cc(C(F)(F)F)n1. The molecule has 0 aliphatic carbocycles. The Hall–Kier alpha value is -3.23. The summed E-state index contributed by atoms with van der Waals surface area (Å²) in [5.41, 5.74) is 0.420.